The molecule has 0 fully saturated rings. The molecule has 0 unspecified atom stereocenters. The van der Waals surface area contributed by atoms with Crippen LogP contribution in [0.5, 0.6) is 0 Å². The van der Waals surface area contributed by atoms with Crippen LogP contribution in [0, 0.1) is 0 Å². The fourth-order valence-electron chi connectivity index (χ4n) is 4.85. The Morgan fingerprint density at radius 3 is 1.35 bits per heavy atom. The maximum Gasteiger partial charge on any atom is 0.294 e. The molecule has 4 heteroatoms. The second-order valence-corrected chi connectivity index (χ2v) is 11.7. The molecule has 34 heavy (non-hydrogen) atoms. The first-order valence-corrected chi connectivity index (χ1v) is 16.0. The molecule has 0 radical (unpaired) electrons. The van der Waals surface area contributed by atoms with Gasteiger partial charge in [0.1, 0.15) is 0 Å². The maximum absolute atomic E-state index is 11.8. The van der Waals surface area contributed by atoms with Crippen molar-refractivity contribution in [2.45, 2.75) is 160 Å². The summed E-state index contributed by atoms with van der Waals surface area (Å²) in [5.41, 5.74) is 2.00. The van der Waals surface area contributed by atoms with Gasteiger partial charge in [-0.2, -0.15) is 8.42 Å². The fraction of sp³-hybridized carbons (Fsp3) is 0.800. The minimum Gasteiger partial charge on any atom is -0.282 e. The van der Waals surface area contributed by atoms with E-state index in [0.29, 0.717) is 0 Å². The summed E-state index contributed by atoms with van der Waals surface area (Å²) in [7, 11) is -4.16. The summed E-state index contributed by atoms with van der Waals surface area (Å²) >= 11 is 0. The van der Waals surface area contributed by atoms with Crippen LogP contribution in [0.15, 0.2) is 23.1 Å². The molecule has 0 saturated heterocycles. The Kier molecular flexibility index (Phi) is 18.6. The van der Waals surface area contributed by atoms with Crippen LogP contribution in [-0.4, -0.2) is 13.0 Å². The molecular weight excluding hydrogens is 440 g/mol. The van der Waals surface area contributed by atoms with Crippen molar-refractivity contribution in [3.63, 3.8) is 0 Å². The average molecular weight is 495 g/mol. The number of rotatable bonds is 23. The third-order valence-electron chi connectivity index (χ3n) is 7.02. The summed E-state index contributed by atoms with van der Waals surface area (Å²) in [4.78, 5) is 0.107. The van der Waals surface area contributed by atoms with Crippen LogP contribution in [0.3, 0.4) is 0 Å². The smallest absolute Gasteiger partial charge is 0.282 e. The van der Waals surface area contributed by atoms with Gasteiger partial charge in [-0.15, -0.1) is 0 Å². The summed E-state index contributed by atoms with van der Waals surface area (Å²) < 4.78 is 33.4. The SMILES string of the molecule is CCCCCCCCCCCCc1ccc(S(=O)(=O)O)c(CCCCCCCCCCCC)c1. The highest BCUT2D eigenvalue weighted by Crippen LogP contribution is 2.22. The molecule has 0 bridgehead atoms. The first kappa shape index (κ1) is 31.2. The first-order chi connectivity index (χ1) is 16.5. The van der Waals surface area contributed by atoms with Gasteiger partial charge in [0.15, 0.2) is 0 Å². The molecule has 0 spiro atoms. The van der Waals surface area contributed by atoms with Crippen LogP contribution in [0.4, 0.5) is 0 Å². The number of benzene rings is 1. The number of unbranched alkanes of at least 4 members (excludes halogenated alkanes) is 18. The lowest BCUT2D eigenvalue weighted by Crippen LogP contribution is -2.04. The van der Waals surface area contributed by atoms with Gasteiger partial charge in [0.2, 0.25) is 0 Å². The van der Waals surface area contributed by atoms with E-state index in [1.807, 2.05) is 12.1 Å². The van der Waals surface area contributed by atoms with Crippen molar-refractivity contribution in [1.82, 2.24) is 0 Å². The lowest BCUT2D eigenvalue weighted by atomic mass is 9.99. The van der Waals surface area contributed by atoms with Crippen LogP contribution in [0.25, 0.3) is 0 Å². The monoisotopic (exact) mass is 494 g/mol. The van der Waals surface area contributed by atoms with E-state index in [4.69, 9.17) is 0 Å². The topological polar surface area (TPSA) is 54.4 Å². The Bertz CT molecular complexity index is 712. The molecule has 1 rings (SSSR count). The lowest BCUT2D eigenvalue weighted by molar-refractivity contribution is 0.481. The van der Waals surface area contributed by atoms with E-state index in [0.717, 1.165) is 37.7 Å². The zero-order chi connectivity index (χ0) is 24.9. The van der Waals surface area contributed by atoms with Crippen LogP contribution in [0.1, 0.15) is 153 Å². The van der Waals surface area contributed by atoms with Gasteiger partial charge in [0, 0.05) is 0 Å². The summed E-state index contributed by atoms with van der Waals surface area (Å²) in [6.45, 7) is 4.51. The van der Waals surface area contributed by atoms with E-state index >= 15 is 0 Å². The van der Waals surface area contributed by atoms with Crippen molar-refractivity contribution < 1.29 is 13.0 Å². The lowest BCUT2D eigenvalue weighted by Gasteiger charge is -2.10. The van der Waals surface area contributed by atoms with Gasteiger partial charge in [-0.1, -0.05) is 142 Å². The van der Waals surface area contributed by atoms with Crippen molar-refractivity contribution in [2.75, 3.05) is 0 Å². The van der Waals surface area contributed by atoms with Crippen LogP contribution in [-0.2, 0) is 23.0 Å². The second-order valence-electron chi connectivity index (χ2n) is 10.3. The van der Waals surface area contributed by atoms with Gasteiger partial charge in [-0.05, 0) is 42.9 Å². The quantitative estimate of drug-likeness (QED) is 0.122. The molecule has 0 amide bonds. The van der Waals surface area contributed by atoms with Gasteiger partial charge in [0.25, 0.3) is 10.1 Å². The van der Waals surface area contributed by atoms with E-state index in [1.54, 1.807) is 6.07 Å². The zero-order valence-electron chi connectivity index (χ0n) is 22.5. The predicted octanol–water partition coefficient (Wildman–Crippen LogP) is 9.86. The maximum atomic E-state index is 11.8. The highest BCUT2D eigenvalue weighted by atomic mass is 32.2. The molecule has 3 nitrogen and oxygen atoms in total. The van der Waals surface area contributed by atoms with Crippen molar-refractivity contribution in [1.29, 1.82) is 0 Å². The molecule has 0 aromatic heterocycles. The first-order valence-electron chi connectivity index (χ1n) is 14.6. The van der Waals surface area contributed by atoms with E-state index in [-0.39, 0.29) is 4.90 Å². The van der Waals surface area contributed by atoms with Crippen LogP contribution >= 0.6 is 0 Å². The van der Waals surface area contributed by atoms with E-state index in [1.165, 1.54) is 115 Å². The molecule has 0 aliphatic heterocycles. The standard InChI is InChI=1S/C30H54O3S/c1-3-5-7-9-11-13-15-17-19-21-23-28-25-26-30(34(31,32)33)29(27-28)24-22-20-18-16-14-12-10-8-6-4-2/h25-27H,3-24H2,1-2H3,(H,31,32,33). The van der Waals surface area contributed by atoms with E-state index < -0.39 is 10.1 Å². The molecular formula is C30H54O3S. The number of hydrogen-bond acceptors (Lipinski definition) is 2. The highest BCUT2D eigenvalue weighted by Gasteiger charge is 2.15. The molecule has 0 aliphatic rings. The second kappa shape index (κ2) is 20.3. The van der Waals surface area contributed by atoms with Gasteiger partial charge >= 0.3 is 0 Å². The minimum absolute atomic E-state index is 0.107. The molecule has 0 aliphatic carbocycles. The van der Waals surface area contributed by atoms with E-state index in [9.17, 15) is 13.0 Å². The van der Waals surface area contributed by atoms with Crippen molar-refractivity contribution in [2.24, 2.45) is 0 Å². The summed E-state index contributed by atoms with van der Waals surface area (Å²) in [6.07, 6.45) is 27.6. The summed E-state index contributed by atoms with van der Waals surface area (Å²) in [6, 6.07) is 5.54. The van der Waals surface area contributed by atoms with Gasteiger partial charge in [-0.25, -0.2) is 0 Å². The fourth-order valence-corrected chi connectivity index (χ4v) is 5.59. The highest BCUT2D eigenvalue weighted by molar-refractivity contribution is 7.85. The summed E-state index contributed by atoms with van der Waals surface area (Å²) in [5.74, 6) is 0. The third kappa shape index (κ3) is 15.9. The van der Waals surface area contributed by atoms with Crippen molar-refractivity contribution >= 4 is 10.1 Å². The van der Waals surface area contributed by atoms with Crippen LogP contribution < -0.4 is 0 Å². The Balaban J connectivity index is 2.31. The molecule has 1 aromatic carbocycles. The van der Waals surface area contributed by atoms with E-state index in [2.05, 4.69) is 13.8 Å². The summed E-state index contributed by atoms with van der Waals surface area (Å²) in [5, 5.41) is 0. The van der Waals surface area contributed by atoms with Gasteiger partial charge in [-0.3, -0.25) is 4.55 Å². The molecule has 0 saturated carbocycles. The molecule has 1 aromatic rings. The molecule has 0 heterocycles. The number of aryl methyl sites for hydroxylation is 2. The largest absolute Gasteiger partial charge is 0.294 e. The predicted molar refractivity (Wildman–Crippen MR) is 147 cm³/mol. The van der Waals surface area contributed by atoms with Crippen LogP contribution in [0.2, 0.25) is 0 Å². The Labute approximate surface area is 212 Å². The van der Waals surface area contributed by atoms with Gasteiger partial charge in [0.05, 0.1) is 4.90 Å². The van der Waals surface area contributed by atoms with Crippen molar-refractivity contribution in [3.05, 3.63) is 29.3 Å². The molecule has 0 atom stereocenters. The third-order valence-corrected chi connectivity index (χ3v) is 7.98. The molecule has 198 valence electrons. The Morgan fingerprint density at radius 1 is 0.559 bits per heavy atom. The minimum atomic E-state index is -4.16. The normalized spacial score (nSPS) is 11.9. The average Bonchev–Trinajstić information content (AvgIpc) is 2.81. The number of hydrogen-bond donors (Lipinski definition) is 1. The van der Waals surface area contributed by atoms with Gasteiger partial charge < -0.3 is 0 Å². The van der Waals surface area contributed by atoms with Crippen molar-refractivity contribution in [3.8, 4) is 0 Å². The Hall–Kier alpha value is -0.870. The zero-order valence-corrected chi connectivity index (χ0v) is 23.3. The Morgan fingerprint density at radius 2 is 0.941 bits per heavy atom. The molecule has 1 N–H and O–H groups in total.